The summed E-state index contributed by atoms with van der Waals surface area (Å²) in [5.41, 5.74) is -11.3. The van der Waals surface area contributed by atoms with E-state index in [1.54, 1.807) is 0 Å². The fourth-order valence-electron chi connectivity index (χ4n) is 0. The van der Waals surface area contributed by atoms with E-state index in [0.29, 0.717) is 0 Å². The van der Waals surface area contributed by atoms with Crippen molar-refractivity contribution in [2.45, 2.75) is 11.0 Å². The van der Waals surface area contributed by atoms with Crippen LogP contribution in [0.15, 0.2) is 0 Å². The molecule has 0 amide bonds. The Morgan fingerprint density at radius 3 is 0.684 bits per heavy atom. The molecule has 0 heterocycles. The third-order valence-electron chi connectivity index (χ3n) is 0.567. The maximum absolute atomic E-state index is 10.7. The third-order valence-corrected chi connectivity index (χ3v) is 1.70. The molecule has 0 saturated carbocycles. The average molecular weight is 416 g/mol. The first-order chi connectivity index (χ1) is 6.50. The molecule has 0 saturated heterocycles. The van der Waals surface area contributed by atoms with Crippen LogP contribution in [0.4, 0.5) is 26.3 Å². The molecule has 19 heavy (non-hydrogen) atoms. The number of hydrogen-bond acceptors (Lipinski definition) is 6. The zero-order valence-electron chi connectivity index (χ0n) is 8.98. The second kappa shape index (κ2) is 10.0. The van der Waals surface area contributed by atoms with Crippen LogP contribution in [0.1, 0.15) is 0 Å². The van der Waals surface area contributed by atoms with Gasteiger partial charge in [-0.05, 0) is 0 Å². The first-order valence-electron chi connectivity index (χ1n) is 2.54. The Hall–Kier alpha value is 1.22. The van der Waals surface area contributed by atoms with Crippen LogP contribution in [0.5, 0.6) is 0 Å². The third kappa shape index (κ3) is 15.4. The molecule has 0 bridgehead atoms. The van der Waals surface area contributed by atoms with E-state index in [0.717, 1.165) is 0 Å². The number of hydrogen-bond donors (Lipinski definition) is 0. The molecule has 111 valence electrons. The molecule has 17 heteroatoms. The normalized spacial score (nSPS) is 11.8. The van der Waals surface area contributed by atoms with Crippen molar-refractivity contribution in [3.63, 3.8) is 0 Å². The molecular weight excluding hydrogens is 413 g/mol. The minimum atomic E-state index is -6.09. The molecule has 0 aromatic carbocycles. The fraction of sp³-hybridized carbons (Fsp3) is 1.00. The summed E-state index contributed by atoms with van der Waals surface area (Å²) < 4.78 is 118. The minimum absolute atomic E-state index is 0. The van der Waals surface area contributed by atoms with Crippen molar-refractivity contribution in [1.29, 1.82) is 0 Å². The maximum atomic E-state index is 10.7. The number of rotatable bonds is 0. The summed E-state index contributed by atoms with van der Waals surface area (Å²) in [5.74, 6) is 0. The predicted molar refractivity (Wildman–Crippen MR) is 35.7 cm³/mol. The molecule has 0 radical (unpaired) electrons. The van der Waals surface area contributed by atoms with Crippen LogP contribution in [0.2, 0.25) is 0 Å². The summed E-state index contributed by atoms with van der Waals surface area (Å²) in [6.45, 7) is 0. The molecule has 0 N–H and O–H groups in total. The van der Waals surface area contributed by atoms with E-state index in [1.807, 2.05) is 0 Å². The summed E-state index contributed by atoms with van der Waals surface area (Å²) >= 11 is 0. The van der Waals surface area contributed by atoms with Gasteiger partial charge in [0, 0.05) is 0 Å². The SMILES string of the molecule is O=S(=O)([O-])C(F)(F)F.O=S(=O)([O-])C(F)(F)F.[Li+].[Li+].[RuH3]. The molecular formula is C2H3F6Li2O6RuS2. The Morgan fingerprint density at radius 2 is 0.684 bits per heavy atom. The molecule has 0 rings (SSSR count). The number of alkyl halides is 6. The quantitative estimate of drug-likeness (QED) is 0.168. The Labute approximate surface area is 140 Å². The van der Waals surface area contributed by atoms with E-state index < -0.39 is 31.3 Å². The van der Waals surface area contributed by atoms with E-state index in [4.69, 9.17) is 25.9 Å². The average Bonchev–Trinajstić information content (AvgIpc) is 1.77. The van der Waals surface area contributed by atoms with E-state index >= 15 is 0 Å². The molecule has 6 nitrogen and oxygen atoms in total. The molecule has 0 aromatic heterocycles. The molecule has 0 aliphatic rings. The Kier molecular flexibility index (Phi) is 17.0. The second-order valence-electron chi connectivity index (χ2n) is 1.80. The van der Waals surface area contributed by atoms with Crippen LogP contribution < -0.4 is 37.7 Å². The Morgan fingerprint density at radius 1 is 0.632 bits per heavy atom. The van der Waals surface area contributed by atoms with Gasteiger partial charge >= 0.3 is 68.2 Å². The van der Waals surface area contributed by atoms with E-state index in [1.165, 1.54) is 0 Å². The van der Waals surface area contributed by atoms with Gasteiger partial charge in [-0.15, -0.1) is 0 Å². The van der Waals surface area contributed by atoms with Crippen molar-refractivity contribution < 1.29 is 109 Å². The van der Waals surface area contributed by atoms with Crippen LogP contribution in [0, 0.1) is 0 Å². The van der Waals surface area contributed by atoms with Crippen molar-refractivity contribution in [2.24, 2.45) is 0 Å². The van der Waals surface area contributed by atoms with Crippen molar-refractivity contribution in [1.82, 2.24) is 0 Å². The summed E-state index contributed by atoms with van der Waals surface area (Å²) in [4.78, 5) is 0. The van der Waals surface area contributed by atoms with Gasteiger partial charge in [0.05, 0.1) is 0 Å². The van der Waals surface area contributed by atoms with Crippen molar-refractivity contribution in [2.75, 3.05) is 0 Å². The van der Waals surface area contributed by atoms with Gasteiger partial charge in [0.1, 0.15) is 0 Å². The van der Waals surface area contributed by atoms with Crippen LogP contribution >= 0.6 is 0 Å². The van der Waals surface area contributed by atoms with E-state index in [-0.39, 0.29) is 57.2 Å². The molecule has 0 unspecified atom stereocenters. The van der Waals surface area contributed by atoms with Crippen LogP contribution in [-0.2, 0) is 39.7 Å². The molecule has 0 aromatic rings. The number of halogens is 6. The van der Waals surface area contributed by atoms with Gasteiger partial charge in [0.25, 0.3) is 0 Å². The van der Waals surface area contributed by atoms with Gasteiger partial charge in [-0.3, -0.25) is 0 Å². The zero-order valence-corrected chi connectivity index (χ0v) is 12.8. The van der Waals surface area contributed by atoms with Crippen molar-refractivity contribution in [3.8, 4) is 0 Å². The molecule has 0 aliphatic heterocycles. The van der Waals surface area contributed by atoms with Crippen LogP contribution in [-0.4, -0.2) is 37.0 Å². The van der Waals surface area contributed by atoms with E-state index in [9.17, 15) is 26.3 Å². The summed E-state index contributed by atoms with van der Waals surface area (Å²) in [6, 6.07) is 0. The molecule has 0 fully saturated rings. The topological polar surface area (TPSA) is 114 Å². The first-order valence-corrected chi connectivity index (χ1v) is 5.36. The van der Waals surface area contributed by atoms with Gasteiger partial charge < -0.3 is 9.11 Å². The van der Waals surface area contributed by atoms with Gasteiger partial charge in [-0.2, -0.15) is 26.3 Å². The van der Waals surface area contributed by atoms with Gasteiger partial charge in [-0.1, -0.05) is 0 Å². The summed E-state index contributed by atoms with van der Waals surface area (Å²) in [7, 11) is -12.2. The van der Waals surface area contributed by atoms with E-state index in [2.05, 4.69) is 0 Å². The standard InChI is InChI=1S/2CHF3O3S.2Li.Ru.3H/c2*2-1(3,4)8(5,6)7;;;;;;/h2*(H,5,6,7);;;;;;/q;;2*+1;;;;/p-2. The van der Waals surface area contributed by atoms with Crippen molar-refractivity contribution >= 4 is 20.2 Å². The summed E-state index contributed by atoms with van der Waals surface area (Å²) in [6.07, 6.45) is 0. The Balaban J connectivity index is -0.0000000594. The predicted octanol–water partition coefficient (Wildman–Crippen LogP) is -6.69. The zero-order chi connectivity index (χ0) is 14.0. The molecule has 0 atom stereocenters. The van der Waals surface area contributed by atoms with Gasteiger partial charge in [-0.25, -0.2) is 16.8 Å². The second-order valence-corrected chi connectivity index (χ2v) is 4.54. The monoisotopic (exact) mass is 417 g/mol. The first kappa shape index (κ1) is 32.2. The van der Waals surface area contributed by atoms with Crippen LogP contribution in [0.25, 0.3) is 0 Å². The van der Waals surface area contributed by atoms with Gasteiger partial charge in [0.2, 0.25) is 0 Å². The molecule has 0 spiro atoms. The van der Waals surface area contributed by atoms with Crippen LogP contribution in [0.3, 0.4) is 0 Å². The fourth-order valence-corrected chi connectivity index (χ4v) is 0. The molecule has 0 aliphatic carbocycles. The summed E-state index contributed by atoms with van der Waals surface area (Å²) in [5, 5.41) is 0. The van der Waals surface area contributed by atoms with Crippen molar-refractivity contribution in [3.05, 3.63) is 0 Å². The van der Waals surface area contributed by atoms with Gasteiger partial charge in [0.15, 0.2) is 20.2 Å². The Bertz CT molecular complexity index is 384.